The number of hydrogen-bond donors (Lipinski definition) is 3. The number of methoxy groups -OCH3 is 1. The van der Waals surface area contributed by atoms with Crippen LogP contribution in [0.15, 0.2) is 61.2 Å². The molecule has 1 aromatic carbocycles. The normalized spacial score (nSPS) is 11.4. The van der Waals surface area contributed by atoms with Gasteiger partial charge in [-0.15, -0.1) is 0 Å². The van der Waals surface area contributed by atoms with Crippen LogP contribution >= 0.6 is 0 Å². The molecule has 0 aliphatic rings. The third-order valence-corrected chi connectivity index (χ3v) is 6.24. The Hall–Kier alpha value is -5.23. The third-order valence-electron chi connectivity index (χ3n) is 6.24. The number of aromatic amines is 2. The lowest BCUT2D eigenvalue weighted by molar-refractivity contribution is -0.116. The number of anilines is 1. The molecule has 0 aliphatic carbocycles. The molecule has 11 nitrogen and oxygen atoms in total. The molecule has 6 aromatic rings. The van der Waals surface area contributed by atoms with E-state index in [0.717, 1.165) is 16.5 Å². The Morgan fingerprint density at radius 3 is 2.70 bits per heavy atom. The number of aromatic nitrogens is 7. The minimum Gasteiger partial charge on any atom is -0.497 e. The summed E-state index contributed by atoms with van der Waals surface area (Å²) in [6.07, 6.45) is 6.65. The minimum absolute atomic E-state index is 0.134. The van der Waals surface area contributed by atoms with Crippen LogP contribution in [-0.4, -0.2) is 73.7 Å². The number of pyridine rings is 3. The number of imidazole rings is 1. The molecule has 40 heavy (non-hydrogen) atoms. The van der Waals surface area contributed by atoms with Crippen molar-refractivity contribution in [3.05, 3.63) is 67.0 Å². The van der Waals surface area contributed by atoms with Gasteiger partial charge in [-0.2, -0.15) is 5.10 Å². The van der Waals surface area contributed by atoms with E-state index in [-0.39, 0.29) is 12.5 Å². The summed E-state index contributed by atoms with van der Waals surface area (Å²) in [5.74, 6) is 0.319. The second-order valence-corrected chi connectivity index (χ2v) is 9.46. The van der Waals surface area contributed by atoms with Crippen LogP contribution in [0.2, 0.25) is 0 Å². The topological polar surface area (TPSA) is 138 Å². The highest BCUT2D eigenvalue weighted by Gasteiger charge is 2.18. The molecule has 0 atom stereocenters. The Labute approximate surface area is 227 Å². The molecule has 0 saturated heterocycles. The van der Waals surface area contributed by atoms with E-state index in [1.165, 1.54) is 19.2 Å². The van der Waals surface area contributed by atoms with Gasteiger partial charge >= 0.3 is 0 Å². The van der Waals surface area contributed by atoms with Gasteiger partial charge in [-0.25, -0.2) is 14.4 Å². The van der Waals surface area contributed by atoms with Crippen molar-refractivity contribution in [1.29, 1.82) is 0 Å². The predicted molar refractivity (Wildman–Crippen MR) is 149 cm³/mol. The van der Waals surface area contributed by atoms with Crippen molar-refractivity contribution in [3.8, 4) is 39.7 Å². The summed E-state index contributed by atoms with van der Waals surface area (Å²) in [5, 5.41) is 11.0. The monoisotopic (exact) mass is 537 g/mol. The summed E-state index contributed by atoms with van der Waals surface area (Å²) >= 11 is 0. The van der Waals surface area contributed by atoms with E-state index >= 15 is 0 Å². The summed E-state index contributed by atoms with van der Waals surface area (Å²) in [5.41, 5.74) is 5.63. The van der Waals surface area contributed by atoms with Gasteiger partial charge in [0.25, 0.3) is 0 Å². The lowest BCUT2D eigenvalue weighted by atomic mass is 10.1. The molecular weight excluding hydrogens is 513 g/mol. The fraction of sp³-hybridized carbons (Fsp3) is 0.143. The van der Waals surface area contributed by atoms with Gasteiger partial charge in [0.15, 0.2) is 11.5 Å². The van der Waals surface area contributed by atoms with E-state index in [1.807, 2.05) is 26.2 Å². The zero-order valence-corrected chi connectivity index (χ0v) is 21.9. The fourth-order valence-corrected chi connectivity index (χ4v) is 4.47. The molecule has 0 radical (unpaired) electrons. The summed E-state index contributed by atoms with van der Waals surface area (Å²) in [6.45, 7) is 0.262. The first-order valence-electron chi connectivity index (χ1n) is 12.3. The Morgan fingerprint density at radius 2 is 1.88 bits per heavy atom. The average molecular weight is 538 g/mol. The molecule has 5 aromatic heterocycles. The minimum atomic E-state index is -0.434. The van der Waals surface area contributed by atoms with E-state index in [1.54, 1.807) is 41.8 Å². The van der Waals surface area contributed by atoms with Gasteiger partial charge in [0.1, 0.15) is 22.8 Å². The van der Waals surface area contributed by atoms with Crippen molar-refractivity contribution < 1.29 is 13.9 Å². The predicted octanol–water partition coefficient (Wildman–Crippen LogP) is 4.27. The van der Waals surface area contributed by atoms with Crippen molar-refractivity contribution in [3.63, 3.8) is 0 Å². The molecule has 0 unspecified atom stereocenters. The first kappa shape index (κ1) is 25.1. The Kier molecular flexibility index (Phi) is 6.36. The first-order chi connectivity index (χ1) is 19.4. The van der Waals surface area contributed by atoms with Gasteiger partial charge in [0.05, 0.1) is 42.1 Å². The number of ether oxygens (including phenoxy) is 1. The fourth-order valence-electron chi connectivity index (χ4n) is 4.47. The second-order valence-electron chi connectivity index (χ2n) is 9.46. The van der Waals surface area contributed by atoms with Gasteiger partial charge in [-0.1, -0.05) is 0 Å². The summed E-state index contributed by atoms with van der Waals surface area (Å²) in [7, 11) is 5.14. The highest BCUT2D eigenvalue weighted by Crippen LogP contribution is 2.33. The van der Waals surface area contributed by atoms with Crippen molar-refractivity contribution in [1.82, 2.24) is 40.0 Å². The van der Waals surface area contributed by atoms with Crippen LogP contribution in [0, 0.1) is 5.82 Å². The smallest absolute Gasteiger partial charge is 0.238 e. The molecule has 5 heterocycles. The zero-order valence-electron chi connectivity index (χ0n) is 21.9. The van der Waals surface area contributed by atoms with Crippen molar-refractivity contribution in [2.24, 2.45) is 0 Å². The molecule has 0 saturated carbocycles. The molecule has 6 rings (SSSR count). The highest BCUT2D eigenvalue weighted by atomic mass is 19.1. The number of carbonyl (C=O) groups excluding carboxylic acids is 1. The molecule has 0 bridgehead atoms. The first-order valence-corrected chi connectivity index (χ1v) is 12.3. The molecule has 1 amide bonds. The van der Waals surface area contributed by atoms with E-state index in [0.29, 0.717) is 50.9 Å². The van der Waals surface area contributed by atoms with Crippen LogP contribution in [0.4, 0.5) is 10.1 Å². The lowest BCUT2D eigenvalue weighted by Gasteiger charge is -2.10. The molecular formula is C28H24FN9O2. The number of likely N-dealkylation sites (N-methyl/N-ethyl adjacent to an activating group) is 1. The van der Waals surface area contributed by atoms with Crippen LogP contribution in [0.5, 0.6) is 5.75 Å². The standard InChI is InChI=1S/C28H24FN9O2/c1-38(2)14-23(39)33-19-7-16(11-30-13-19)17-9-21-25(36-37-27(21)32-12-17)28-34-22-4-5-31-24(26(22)35-28)15-6-18(29)10-20(8-15)40-3/h4-13H,14H2,1-3H3,(H,33,39)(H,34,35)(H,32,36,37). The van der Waals surface area contributed by atoms with Gasteiger partial charge in [-0.3, -0.25) is 19.9 Å². The van der Waals surface area contributed by atoms with Gasteiger partial charge in [0, 0.05) is 41.3 Å². The van der Waals surface area contributed by atoms with Crippen LogP contribution in [0.25, 0.3) is 56.0 Å². The number of halogens is 1. The third kappa shape index (κ3) is 4.83. The number of nitrogens with one attached hydrogen (secondary N) is 3. The van der Waals surface area contributed by atoms with Gasteiger partial charge < -0.3 is 19.9 Å². The van der Waals surface area contributed by atoms with Crippen LogP contribution in [0.3, 0.4) is 0 Å². The number of carbonyl (C=O) groups is 1. The van der Waals surface area contributed by atoms with E-state index in [2.05, 4.69) is 35.5 Å². The van der Waals surface area contributed by atoms with Gasteiger partial charge in [0.2, 0.25) is 5.91 Å². The molecule has 12 heteroatoms. The lowest BCUT2D eigenvalue weighted by Crippen LogP contribution is -2.27. The Morgan fingerprint density at radius 1 is 1.02 bits per heavy atom. The number of rotatable bonds is 7. The number of H-pyrrole nitrogens is 2. The number of nitrogens with zero attached hydrogens (tertiary/aromatic N) is 6. The maximum absolute atomic E-state index is 14.2. The average Bonchev–Trinajstić information content (AvgIpc) is 3.56. The van der Waals surface area contributed by atoms with Crippen LogP contribution in [0.1, 0.15) is 0 Å². The van der Waals surface area contributed by atoms with Gasteiger partial charge in [-0.05, 0) is 44.4 Å². The SMILES string of the molecule is COc1cc(F)cc(-c2nccc3[nH]c(-c4n[nH]c5ncc(-c6cncc(NC(=O)CN(C)C)c6)cc45)nc23)c1. The van der Waals surface area contributed by atoms with Crippen LogP contribution < -0.4 is 10.1 Å². The molecule has 3 N–H and O–H groups in total. The molecule has 0 spiro atoms. The summed E-state index contributed by atoms with van der Waals surface area (Å²) in [4.78, 5) is 35.4. The van der Waals surface area contributed by atoms with Crippen molar-refractivity contribution >= 4 is 33.7 Å². The maximum atomic E-state index is 14.2. The highest BCUT2D eigenvalue weighted by molar-refractivity contribution is 5.97. The van der Waals surface area contributed by atoms with Crippen molar-refractivity contribution in [2.45, 2.75) is 0 Å². The number of fused-ring (bicyclic) bond motifs is 2. The Balaban J connectivity index is 1.38. The van der Waals surface area contributed by atoms with E-state index in [9.17, 15) is 9.18 Å². The zero-order chi connectivity index (χ0) is 27.8. The van der Waals surface area contributed by atoms with E-state index < -0.39 is 5.82 Å². The van der Waals surface area contributed by atoms with Crippen molar-refractivity contribution in [2.75, 3.05) is 33.1 Å². The molecule has 0 aliphatic heterocycles. The number of benzene rings is 1. The van der Waals surface area contributed by atoms with E-state index in [4.69, 9.17) is 9.72 Å². The summed E-state index contributed by atoms with van der Waals surface area (Å²) < 4.78 is 19.5. The molecule has 200 valence electrons. The van der Waals surface area contributed by atoms with Crippen LogP contribution in [-0.2, 0) is 4.79 Å². The molecule has 0 fully saturated rings. The quantitative estimate of drug-likeness (QED) is 0.275. The second kappa shape index (κ2) is 10.2. The summed E-state index contributed by atoms with van der Waals surface area (Å²) in [6, 6.07) is 9.99. The number of hydrogen-bond acceptors (Lipinski definition) is 8. The number of amides is 1. The maximum Gasteiger partial charge on any atom is 0.238 e. The largest absolute Gasteiger partial charge is 0.497 e. The Bertz CT molecular complexity index is 1880.